The van der Waals surface area contributed by atoms with Crippen LogP contribution in [0.5, 0.6) is 0 Å². The van der Waals surface area contributed by atoms with Crippen molar-refractivity contribution in [3.8, 4) is 0 Å². The lowest BCUT2D eigenvalue weighted by atomic mass is 9.80. The molecule has 0 bridgehead atoms. The zero-order valence-electron chi connectivity index (χ0n) is 15.5. The van der Waals surface area contributed by atoms with Crippen LogP contribution >= 0.6 is 0 Å². The predicted octanol–water partition coefficient (Wildman–Crippen LogP) is 5.71. The number of rotatable bonds is 2. The fourth-order valence-electron chi connectivity index (χ4n) is 4.06. The van der Waals surface area contributed by atoms with E-state index < -0.39 is 5.82 Å². The highest BCUT2D eigenvalue weighted by molar-refractivity contribution is 6.07. The lowest BCUT2D eigenvalue weighted by Gasteiger charge is -2.40. The molecular formula is C24H22FNO. The highest BCUT2D eigenvalue weighted by Gasteiger charge is 2.35. The molecule has 2 atom stereocenters. The third kappa shape index (κ3) is 3.14. The van der Waals surface area contributed by atoms with Crippen molar-refractivity contribution < 1.29 is 9.18 Å². The number of anilines is 1. The van der Waals surface area contributed by atoms with Gasteiger partial charge in [0, 0.05) is 17.6 Å². The van der Waals surface area contributed by atoms with E-state index >= 15 is 0 Å². The Morgan fingerprint density at radius 1 is 1.00 bits per heavy atom. The number of carbonyl (C=O) groups is 1. The maximum atomic E-state index is 14.3. The highest BCUT2D eigenvalue weighted by Crippen LogP contribution is 2.43. The summed E-state index contributed by atoms with van der Waals surface area (Å²) in [6.45, 7) is 4.10. The van der Waals surface area contributed by atoms with Crippen LogP contribution in [-0.4, -0.2) is 11.9 Å². The molecule has 1 heterocycles. The minimum Gasteiger partial charge on any atom is -0.305 e. The molecule has 27 heavy (non-hydrogen) atoms. The normalized spacial score (nSPS) is 18.9. The Morgan fingerprint density at radius 2 is 1.70 bits per heavy atom. The van der Waals surface area contributed by atoms with Crippen LogP contribution in [0, 0.1) is 12.7 Å². The number of carbonyl (C=O) groups excluding carboxylic acids is 1. The average Bonchev–Trinajstić information content (AvgIpc) is 2.68. The molecule has 0 fully saturated rings. The molecule has 1 aliphatic rings. The predicted molar refractivity (Wildman–Crippen MR) is 107 cm³/mol. The van der Waals surface area contributed by atoms with Gasteiger partial charge in [0.15, 0.2) is 0 Å². The molecule has 0 spiro atoms. The zero-order valence-corrected chi connectivity index (χ0v) is 15.5. The number of benzene rings is 3. The van der Waals surface area contributed by atoms with E-state index in [1.54, 1.807) is 23.1 Å². The van der Waals surface area contributed by atoms with Gasteiger partial charge in [0.2, 0.25) is 0 Å². The molecule has 4 rings (SSSR count). The Hall–Kier alpha value is -2.94. The van der Waals surface area contributed by atoms with Crippen molar-refractivity contribution in [2.75, 3.05) is 4.90 Å². The van der Waals surface area contributed by atoms with Crippen molar-refractivity contribution in [1.29, 1.82) is 0 Å². The first-order chi connectivity index (χ1) is 13.1. The second-order valence-corrected chi connectivity index (χ2v) is 7.27. The lowest BCUT2D eigenvalue weighted by Crippen LogP contribution is -2.43. The first kappa shape index (κ1) is 17.5. The van der Waals surface area contributed by atoms with Gasteiger partial charge in [0.1, 0.15) is 5.82 Å². The van der Waals surface area contributed by atoms with Gasteiger partial charge in [0.25, 0.3) is 5.91 Å². The minimum atomic E-state index is -0.478. The number of hydrogen-bond acceptors (Lipinski definition) is 1. The summed E-state index contributed by atoms with van der Waals surface area (Å²) in [6.07, 6.45) is 0.806. The van der Waals surface area contributed by atoms with Gasteiger partial charge < -0.3 is 4.90 Å². The van der Waals surface area contributed by atoms with Gasteiger partial charge in [-0.3, -0.25) is 4.79 Å². The summed E-state index contributed by atoms with van der Waals surface area (Å²) in [7, 11) is 0. The largest absolute Gasteiger partial charge is 0.305 e. The van der Waals surface area contributed by atoms with Crippen LogP contribution in [0.4, 0.5) is 10.1 Å². The van der Waals surface area contributed by atoms with E-state index in [2.05, 4.69) is 25.1 Å². The number of hydrogen-bond donors (Lipinski definition) is 0. The topological polar surface area (TPSA) is 20.3 Å². The number of aryl methyl sites for hydroxylation is 1. The molecule has 3 aromatic rings. The molecule has 3 heteroatoms. The van der Waals surface area contributed by atoms with Crippen LogP contribution in [0.1, 0.15) is 46.3 Å². The summed E-state index contributed by atoms with van der Waals surface area (Å²) in [5, 5.41) is 0. The van der Waals surface area contributed by atoms with Crippen molar-refractivity contribution in [2.24, 2.45) is 0 Å². The van der Waals surface area contributed by atoms with Crippen LogP contribution < -0.4 is 4.90 Å². The van der Waals surface area contributed by atoms with E-state index in [0.717, 1.165) is 23.2 Å². The number of amides is 1. The molecule has 0 aromatic heterocycles. The Labute approximate surface area is 159 Å². The Balaban J connectivity index is 1.83. The monoisotopic (exact) mass is 359 g/mol. The molecule has 1 aliphatic heterocycles. The van der Waals surface area contributed by atoms with E-state index in [1.807, 2.05) is 37.3 Å². The van der Waals surface area contributed by atoms with Crippen molar-refractivity contribution in [2.45, 2.75) is 32.2 Å². The van der Waals surface area contributed by atoms with Crippen molar-refractivity contribution in [1.82, 2.24) is 0 Å². The second-order valence-electron chi connectivity index (χ2n) is 7.27. The quantitative estimate of drug-likeness (QED) is 0.574. The summed E-state index contributed by atoms with van der Waals surface area (Å²) < 4.78 is 14.3. The van der Waals surface area contributed by atoms with Crippen LogP contribution in [0.15, 0.2) is 72.8 Å². The summed E-state index contributed by atoms with van der Waals surface area (Å²) in [4.78, 5) is 15.0. The first-order valence-corrected chi connectivity index (χ1v) is 9.30. The number of halogens is 1. The molecule has 0 unspecified atom stereocenters. The molecule has 0 saturated carbocycles. The molecule has 136 valence electrons. The van der Waals surface area contributed by atoms with Gasteiger partial charge >= 0.3 is 0 Å². The maximum absolute atomic E-state index is 14.3. The summed E-state index contributed by atoms with van der Waals surface area (Å²) in [5.41, 5.74) is 4.52. The molecule has 0 N–H and O–H groups in total. The average molecular weight is 359 g/mol. The van der Waals surface area contributed by atoms with E-state index in [0.29, 0.717) is 0 Å². The first-order valence-electron chi connectivity index (χ1n) is 9.30. The number of fused-ring (bicyclic) bond motifs is 1. The molecule has 2 nitrogen and oxygen atoms in total. The lowest BCUT2D eigenvalue weighted by molar-refractivity contribution is 0.0970. The van der Waals surface area contributed by atoms with Gasteiger partial charge in [-0.1, -0.05) is 60.2 Å². The fourth-order valence-corrected chi connectivity index (χ4v) is 4.06. The van der Waals surface area contributed by atoms with Gasteiger partial charge in [-0.2, -0.15) is 0 Å². The van der Waals surface area contributed by atoms with Crippen molar-refractivity contribution in [3.63, 3.8) is 0 Å². The zero-order chi connectivity index (χ0) is 19.0. The Kier molecular flexibility index (Phi) is 4.53. The van der Waals surface area contributed by atoms with Gasteiger partial charge in [-0.15, -0.1) is 0 Å². The summed E-state index contributed by atoms with van der Waals surface area (Å²) in [5.74, 6) is -0.536. The van der Waals surface area contributed by atoms with Crippen LogP contribution in [-0.2, 0) is 0 Å². The third-order valence-corrected chi connectivity index (χ3v) is 5.36. The van der Waals surface area contributed by atoms with E-state index in [-0.39, 0.29) is 23.4 Å². The number of nitrogens with zero attached hydrogens (tertiary/aromatic N) is 1. The van der Waals surface area contributed by atoms with Crippen molar-refractivity contribution >= 4 is 11.6 Å². The Bertz CT molecular complexity index is 983. The smallest absolute Gasteiger partial charge is 0.261 e. The molecule has 1 amide bonds. The van der Waals surface area contributed by atoms with Gasteiger partial charge in [0.05, 0.1) is 5.56 Å². The van der Waals surface area contributed by atoms with Gasteiger partial charge in [-0.05, 0) is 49.6 Å². The summed E-state index contributed by atoms with van der Waals surface area (Å²) in [6, 6.07) is 22.7. The van der Waals surface area contributed by atoms with Gasteiger partial charge in [-0.25, -0.2) is 4.39 Å². The molecule has 0 aliphatic carbocycles. The molecule has 0 radical (unpaired) electrons. The molecule has 0 saturated heterocycles. The second kappa shape index (κ2) is 6.99. The van der Waals surface area contributed by atoms with E-state index in [4.69, 9.17) is 0 Å². The van der Waals surface area contributed by atoms with E-state index in [9.17, 15) is 9.18 Å². The molecular weight excluding hydrogens is 337 g/mol. The Morgan fingerprint density at radius 3 is 2.44 bits per heavy atom. The minimum absolute atomic E-state index is 0.0301. The van der Waals surface area contributed by atoms with Crippen LogP contribution in [0.25, 0.3) is 0 Å². The fraction of sp³-hybridized carbons (Fsp3) is 0.208. The van der Waals surface area contributed by atoms with Crippen LogP contribution in [0.2, 0.25) is 0 Å². The third-order valence-electron chi connectivity index (χ3n) is 5.36. The van der Waals surface area contributed by atoms with E-state index in [1.165, 1.54) is 11.6 Å². The SMILES string of the molecule is Cc1ccc2c(c1)[C@@H](c1ccccc1)C[C@@H](C)N2C(=O)c1ccccc1F. The molecule has 3 aromatic carbocycles. The summed E-state index contributed by atoms with van der Waals surface area (Å²) >= 11 is 0. The maximum Gasteiger partial charge on any atom is 0.261 e. The standard InChI is InChI=1S/C24H22FNO/c1-16-12-13-23-21(14-16)20(18-8-4-3-5-9-18)15-17(2)26(23)24(27)19-10-6-7-11-22(19)25/h3-14,17,20H,15H2,1-2H3/t17-,20-/m1/s1. The van der Waals surface area contributed by atoms with Crippen molar-refractivity contribution in [3.05, 3.63) is 101 Å². The highest BCUT2D eigenvalue weighted by atomic mass is 19.1. The van der Waals surface area contributed by atoms with Crippen LogP contribution in [0.3, 0.4) is 0 Å².